The van der Waals surface area contributed by atoms with Gasteiger partial charge >= 0.3 is 12.1 Å². The lowest BCUT2D eigenvalue weighted by molar-refractivity contribution is -0.138. The van der Waals surface area contributed by atoms with Crippen LogP contribution in [0, 0.1) is 0 Å². The number of hydrogen-bond acceptors (Lipinski definition) is 6. The Morgan fingerprint density at radius 2 is 1.25 bits per heavy atom. The van der Waals surface area contributed by atoms with Crippen LogP contribution < -0.4 is 16.0 Å². The summed E-state index contributed by atoms with van der Waals surface area (Å²) in [6.45, 7) is 6.80. The van der Waals surface area contributed by atoms with Crippen LogP contribution in [-0.4, -0.2) is 37.1 Å². The van der Waals surface area contributed by atoms with E-state index in [9.17, 15) is 19.2 Å². The molecule has 1 aromatic rings. The van der Waals surface area contributed by atoms with Crippen LogP contribution in [0.25, 0.3) is 0 Å². The highest BCUT2D eigenvalue weighted by Crippen LogP contribution is 2.11. The second-order valence-corrected chi connectivity index (χ2v) is 5.84. The minimum absolute atomic E-state index is 0.0641. The number of hydrogen-bond donors (Lipinski definition) is 3. The van der Waals surface area contributed by atoms with Crippen LogP contribution in [0.4, 0.5) is 4.79 Å². The van der Waals surface area contributed by atoms with E-state index >= 15 is 0 Å². The van der Waals surface area contributed by atoms with E-state index in [0.29, 0.717) is 13.1 Å². The minimum atomic E-state index is -0.662. The first kappa shape index (κ1) is 22.7. The molecule has 0 fully saturated rings. The smallest absolute Gasteiger partial charge is 0.407 e. The molecule has 9 nitrogen and oxygen atoms in total. The highest BCUT2D eigenvalue weighted by atomic mass is 16.6. The van der Waals surface area contributed by atoms with Crippen molar-refractivity contribution in [1.29, 1.82) is 0 Å². The number of amides is 3. The van der Waals surface area contributed by atoms with Crippen molar-refractivity contribution < 1.29 is 28.7 Å². The predicted octanol–water partition coefficient (Wildman–Crippen LogP) is 0.914. The van der Waals surface area contributed by atoms with Crippen LogP contribution in [0.5, 0.6) is 0 Å². The van der Waals surface area contributed by atoms with Gasteiger partial charge in [-0.3, -0.25) is 9.59 Å². The molecule has 0 unspecified atom stereocenters. The van der Waals surface area contributed by atoms with Gasteiger partial charge in [0, 0.05) is 39.6 Å². The molecule has 0 atom stereocenters. The fraction of sp³-hybridized carbons (Fsp3) is 0.368. The second-order valence-electron chi connectivity index (χ2n) is 5.84. The Balaban J connectivity index is 2.61. The molecule has 0 aliphatic heterocycles. The monoisotopic (exact) mass is 391 g/mol. The number of carbonyl (C=O) groups excluding carboxylic acids is 4. The molecule has 3 N–H and O–H groups in total. The first-order valence-electron chi connectivity index (χ1n) is 8.60. The number of ether oxygens (including phenoxy) is 2. The van der Waals surface area contributed by atoms with Gasteiger partial charge in [0.05, 0.1) is 0 Å². The molecule has 28 heavy (non-hydrogen) atoms. The minimum Gasteiger partial charge on any atom is -0.459 e. The highest BCUT2D eigenvalue weighted by molar-refractivity contribution is 5.81. The van der Waals surface area contributed by atoms with E-state index in [-0.39, 0.29) is 31.6 Å². The van der Waals surface area contributed by atoms with E-state index in [4.69, 9.17) is 9.47 Å². The second kappa shape index (κ2) is 12.1. The molecule has 3 amide bonds. The largest absolute Gasteiger partial charge is 0.459 e. The number of carbonyl (C=O) groups is 4. The Labute approximate surface area is 163 Å². The summed E-state index contributed by atoms with van der Waals surface area (Å²) in [4.78, 5) is 44.8. The Morgan fingerprint density at radius 3 is 1.68 bits per heavy atom. The summed E-state index contributed by atoms with van der Waals surface area (Å²) in [6.07, 6.45) is 0.359. The van der Waals surface area contributed by atoms with E-state index in [2.05, 4.69) is 22.5 Å². The number of benzene rings is 1. The molecular formula is C19H25N3O6. The lowest BCUT2D eigenvalue weighted by atomic mass is 10.0. The zero-order chi connectivity index (χ0) is 20.9. The summed E-state index contributed by atoms with van der Waals surface area (Å²) in [5.41, 5.74) is 2.44. The molecule has 0 spiro atoms. The standard InChI is InChI=1S/C19H25N3O6/c1-4-18(25)27-5-6-28-19(26)22-12-17-8-15(10-20-13(2)23)7-16(9-17)11-21-14(3)24/h4,7-9H,1,5-6,10-12H2,2-3H3,(H,20,23)(H,21,24)(H,22,26). The number of alkyl carbamates (subject to hydrolysis) is 1. The van der Waals surface area contributed by atoms with Crippen LogP contribution in [-0.2, 0) is 43.5 Å². The Morgan fingerprint density at radius 1 is 0.821 bits per heavy atom. The third kappa shape index (κ3) is 9.95. The normalized spacial score (nSPS) is 9.79. The predicted molar refractivity (Wildman–Crippen MR) is 101 cm³/mol. The lowest BCUT2D eigenvalue weighted by Gasteiger charge is -2.12. The molecule has 0 aromatic heterocycles. The van der Waals surface area contributed by atoms with Gasteiger partial charge in [-0.05, 0) is 16.7 Å². The van der Waals surface area contributed by atoms with Gasteiger partial charge in [0.15, 0.2) is 0 Å². The fourth-order valence-electron chi connectivity index (χ4n) is 2.16. The van der Waals surface area contributed by atoms with Gasteiger partial charge in [0.25, 0.3) is 0 Å². The van der Waals surface area contributed by atoms with E-state index in [0.717, 1.165) is 22.8 Å². The van der Waals surface area contributed by atoms with Crippen molar-refractivity contribution in [3.05, 3.63) is 47.5 Å². The molecular weight excluding hydrogens is 366 g/mol. The topological polar surface area (TPSA) is 123 Å². The first-order valence-corrected chi connectivity index (χ1v) is 8.60. The first-order chi connectivity index (χ1) is 13.3. The summed E-state index contributed by atoms with van der Waals surface area (Å²) in [6, 6.07) is 5.53. The molecule has 0 radical (unpaired) electrons. The van der Waals surface area contributed by atoms with Gasteiger partial charge in [-0.15, -0.1) is 0 Å². The van der Waals surface area contributed by atoms with Crippen LogP contribution in [0.3, 0.4) is 0 Å². The third-order valence-corrected chi connectivity index (χ3v) is 3.36. The Kier molecular flexibility index (Phi) is 9.80. The SMILES string of the molecule is C=CC(=O)OCCOC(=O)NCc1cc(CNC(C)=O)cc(CNC(C)=O)c1. The number of rotatable bonds is 10. The molecule has 0 saturated carbocycles. The summed E-state index contributed by atoms with van der Waals surface area (Å²) in [5.74, 6) is -0.910. The van der Waals surface area contributed by atoms with Gasteiger partial charge < -0.3 is 25.4 Å². The summed E-state index contributed by atoms with van der Waals surface area (Å²) >= 11 is 0. The molecule has 1 rings (SSSR count). The summed E-state index contributed by atoms with van der Waals surface area (Å²) in [5, 5.41) is 8.00. The van der Waals surface area contributed by atoms with Crippen molar-refractivity contribution in [2.24, 2.45) is 0 Å². The van der Waals surface area contributed by atoms with Crippen LogP contribution in [0.15, 0.2) is 30.9 Å². The van der Waals surface area contributed by atoms with E-state index in [1.807, 2.05) is 18.2 Å². The Hall–Kier alpha value is -3.36. The Bertz CT molecular complexity index is 696. The molecule has 0 aliphatic rings. The average Bonchev–Trinajstić information content (AvgIpc) is 2.66. The maximum Gasteiger partial charge on any atom is 0.407 e. The molecule has 0 aliphatic carbocycles. The zero-order valence-electron chi connectivity index (χ0n) is 16.0. The summed E-state index contributed by atoms with van der Waals surface area (Å²) in [7, 11) is 0. The van der Waals surface area contributed by atoms with Crippen molar-refractivity contribution in [2.45, 2.75) is 33.5 Å². The van der Waals surface area contributed by atoms with Crippen LogP contribution in [0.2, 0.25) is 0 Å². The van der Waals surface area contributed by atoms with Crippen molar-refractivity contribution >= 4 is 23.9 Å². The lowest BCUT2D eigenvalue weighted by Crippen LogP contribution is -2.26. The highest BCUT2D eigenvalue weighted by Gasteiger charge is 2.07. The van der Waals surface area contributed by atoms with E-state index in [1.54, 1.807) is 0 Å². The average molecular weight is 391 g/mol. The van der Waals surface area contributed by atoms with E-state index < -0.39 is 12.1 Å². The van der Waals surface area contributed by atoms with Crippen LogP contribution in [0.1, 0.15) is 30.5 Å². The van der Waals surface area contributed by atoms with Crippen LogP contribution >= 0.6 is 0 Å². The van der Waals surface area contributed by atoms with Gasteiger partial charge in [-0.2, -0.15) is 0 Å². The van der Waals surface area contributed by atoms with Gasteiger partial charge in [-0.25, -0.2) is 9.59 Å². The van der Waals surface area contributed by atoms with Crippen molar-refractivity contribution in [3.63, 3.8) is 0 Å². The number of esters is 1. The van der Waals surface area contributed by atoms with Crippen molar-refractivity contribution in [1.82, 2.24) is 16.0 Å². The van der Waals surface area contributed by atoms with Gasteiger partial charge in [0.2, 0.25) is 11.8 Å². The van der Waals surface area contributed by atoms with Crippen molar-refractivity contribution in [3.8, 4) is 0 Å². The third-order valence-electron chi connectivity index (χ3n) is 3.36. The maximum absolute atomic E-state index is 11.7. The quantitative estimate of drug-likeness (QED) is 0.310. The maximum atomic E-state index is 11.7. The molecule has 0 heterocycles. The molecule has 9 heteroatoms. The van der Waals surface area contributed by atoms with Gasteiger partial charge in [0.1, 0.15) is 13.2 Å². The van der Waals surface area contributed by atoms with Crippen molar-refractivity contribution in [2.75, 3.05) is 13.2 Å². The molecule has 1 aromatic carbocycles. The molecule has 0 saturated heterocycles. The summed E-state index contributed by atoms with van der Waals surface area (Å²) < 4.78 is 9.60. The zero-order valence-corrected chi connectivity index (χ0v) is 16.0. The van der Waals surface area contributed by atoms with Gasteiger partial charge in [-0.1, -0.05) is 24.8 Å². The molecule has 152 valence electrons. The number of nitrogens with one attached hydrogen (secondary N) is 3. The van der Waals surface area contributed by atoms with E-state index in [1.165, 1.54) is 13.8 Å². The molecule has 0 bridgehead atoms. The fourth-order valence-corrected chi connectivity index (χ4v) is 2.16.